The highest BCUT2D eigenvalue weighted by Gasteiger charge is 2.21. The number of nitrogens with one attached hydrogen (secondary N) is 1. The maximum absolute atomic E-state index is 12.2. The largest absolute Gasteiger partial charge is 0.378 e. The topological polar surface area (TPSA) is 80.2 Å². The van der Waals surface area contributed by atoms with Crippen LogP contribution in [-0.4, -0.2) is 40.8 Å². The van der Waals surface area contributed by atoms with E-state index in [9.17, 15) is 9.59 Å². The van der Waals surface area contributed by atoms with E-state index in [0.717, 1.165) is 25.7 Å². The van der Waals surface area contributed by atoms with Crippen molar-refractivity contribution in [1.29, 1.82) is 0 Å². The molecule has 0 aromatic carbocycles. The number of aromatic amines is 1. The molecule has 0 atom stereocenters. The zero-order valence-electron chi connectivity index (χ0n) is 11.5. The van der Waals surface area contributed by atoms with Gasteiger partial charge in [-0.15, -0.1) is 0 Å². The molecule has 1 aliphatic carbocycles. The first-order valence-electron chi connectivity index (χ1n) is 7.31. The van der Waals surface area contributed by atoms with Gasteiger partial charge >= 0.3 is 11.4 Å². The number of aromatic nitrogens is 3. The van der Waals surface area contributed by atoms with Gasteiger partial charge in [-0.05, 0) is 12.8 Å². The highest BCUT2D eigenvalue weighted by atomic mass is 16.5. The number of hydrogen-bond donors (Lipinski definition) is 1. The average molecular weight is 280 g/mol. The molecule has 1 aliphatic heterocycles. The van der Waals surface area contributed by atoms with E-state index in [0.29, 0.717) is 32.3 Å². The predicted octanol–water partition coefficient (Wildman–Crippen LogP) is 0.273. The number of ether oxygens (including phenoxy) is 1. The highest BCUT2D eigenvalue weighted by Crippen LogP contribution is 2.25. The van der Waals surface area contributed by atoms with Crippen LogP contribution < -0.4 is 16.3 Å². The van der Waals surface area contributed by atoms with E-state index >= 15 is 0 Å². The lowest BCUT2D eigenvalue weighted by atomic mass is 9.95. The smallest absolute Gasteiger partial charge is 0.355 e. The maximum atomic E-state index is 12.2. The molecular weight excluding hydrogens is 260 g/mol. The van der Waals surface area contributed by atoms with Crippen LogP contribution in [0.1, 0.15) is 38.1 Å². The lowest BCUT2D eigenvalue weighted by molar-refractivity contribution is 0.122. The van der Waals surface area contributed by atoms with Crippen LogP contribution in [0.25, 0.3) is 0 Å². The molecule has 1 N–H and O–H groups in total. The number of hydrogen-bond acceptors (Lipinski definition) is 5. The van der Waals surface area contributed by atoms with Gasteiger partial charge in [-0.2, -0.15) is 4.98 Å². The van der Waals surface area contributed by atoms with Crippen LogP contribution >= 0.6 is 0 Å². The Morgan fingerprint density at radius 1 is 1.10 bits per heavy atom. The van der Waals surface area contributed by atoms with Crippen LogP contribution in [-0.2, 0) is 4.74 Å². The standard InChI is InChI=1S/C13H20N4O3/c18-12-14-11(16-6-8-20-9-7-16)15-13(19)17(12)10-4-2-1-3-5-10/h10H,1-9H2,(H,14,15,18,19). The van der Waals surface area contributed by atoms with Gasteiger partial charge in [0.25, 0.3) is 0 Å². The molecule has 1 saturated heterocycles. The molecule has 3 rings (SSSR count). The minimum absolute atomic E-state index is 0.00578. The van der Waals surface area contributed by atoms with Crippen LogP contribution in [0.3, 0.4) is 0 Å². The number of nitrogens with zero attached hydrogens (tertiary/aromatic N) is 3. The molecule has 0 radical (unpaired) electrons. The average Bonchev–Trinajstić information content (AvgIpc) is 2.48. The molecule has 7 nitrogen and oxygen atoms in total. The molecule has 0 amide bonds. The molecule has 2 aliphatic rings. The van der Waals surface area contributed by atoms with Crippen LogP contribution in [0.2, 0.25) is 0 Å². The summed E-state index contributed by atoms with van der Waals surface area (Å²) in [5.74, 6) is 0.371. The number of rotatable bonds is 2. The van der Waals surface area contributed by atoms with Crippen molar-refractivity contribution in [2.45, 2.75) is 38.1 Å². The summed E-state index contributed by atoms with van der Waals surface area (Å²) in [5.41, 5.74) is -0.763. The summed E-state index contributed by atoms with van der Waals surface area (Å²) in [6.07, 6.45) is 5.11. The molecule has 0 spiro atoms. The minimum Gasteiger partial charge on any atom is -0.378 e. The van der Waals surface area contributed by atoms with Crippen molar-refractivity contribution in [3.63, 3.8) is 0 Å². The Bertz CT molecular complexity index is 536. The zero-order chi connectivity index (χ0) is 13.9. The van der Waals surface area contributed by atoms with E-state index in [4.69, 9.17) is 4.74 Å². The van der Waals surface area contributed by atoms with E-state index in [1.165, 1.54) is 11.0 Å². The van der Waals surface area contributed by atoms with E-state index in [1.807, 2.05) is 4.90 Å². The Morgan fingerprint density at radius 2 is 1.80 bits per heavy atom. The van der Waals surface area contributed by atoms with Crippen LogP contribution in [0, 0.1) is 0 Å². The Morgan fingerprint density at radius 3 is 2.45 bits per heavy atom. The molecule has 0 unspecified atom stereocenters. The van der Waals surface area contributed by atoms with Crippen molar-refractivity contribution in [2.24, 2.45) is 0 Å². The molecule has 0 bridgehead atoms. The third-order valence-electron chi connectivity index (χ3n) is 4.10. The summed E-state index contributed by atoms with van der Waals surface area (Å²) in [4.78, 5) is 33.1. The van der Waals surface area contributed by atoms with E-state index < -0.39 is 5.69 Å². The monoisotopic (exact) mass is 280 g/mol. The molecule has 1 aromatic heterocycles. The third-order valence-corrected chi connectivity index (χ3v) is 4.10. The van der Waals surface area contributed by atoms with Gasteiger partial charge in [-0.25, -0.2) is 14.2 Å². The Labute approximate surface area is 116 Å². The summed E-state index contributed by atoms with van der Waals surface area (Å²) in [5, 5.41) is 0. The summed E-state index contributed by atoms with van der Waals surface area (Å²) in [6.45, 7) is 2.48. The lowest BCUT2D eigenvalue weighted by Gasteiger charge is -2.28. The molecule has 7 heteroatoms. The number of H-pyrrole nitrogens is 1. The first-order valence-corrected chi connectivity index (χ1v) is 7.31. The Hall–Kier alpha value is -1.63. The normalized spacial score (nSPS) is 21.1. The second-order valence-corrected chi connectivity index (χ2v) is 5.41. The molecule has 1 aromatic rings. The first kappa shape index (κ1) is 13.4. The predicted molar refractivity (Wildman–Crippen MR) is 74.3 cm³/mol. The Balaban J connectivity index is 1.90. The molecular formula is C13H20N4O3. The molecule has 110 valence electrons. The van der Waals surface area contributed by atoms with Gasteiger partial charge in [-0.3, -0.25) is 4.98 Å². The fourth-order valence-electron chi connectivity index (χ4n) is 3.00. The molecule has 2 heterocycles. The quantitative estimate of drug-likeness (QED) is 0.841. The summed E-state index contributed by atoms with van der Waals surface area (Å²) < 4.78 is 6.55. The van der Waals surface area contributed by atoms with Crippen molar-refractivity contribution in [3.8, 4) is 0 Å². The van der Waals surface area contributed by atoms with Gasteiger partial charge in [0.05, 0.1) is 13.2 Å². The van der Waals surface area contributed by atoms with Gasteiger partial charge in [0.15, 0.2) is 0 Å². The van der Waals surface area contributed by atoms with Gasteiger partial charge in [0.2, 0.25) is 5.95 Å². The summed E-state index contributed by atoms with van der Waals surface area (Å²) >= 11 is 0. The minimum atomic E-state index is -0.429. The second-order valence-electron chi connectivity index (χ2n) is 5.41. The molecule has 2 fully saturated rings. The van der Waals surface area contributed by atoms with Crippen molar-refractivity contribution < 1.29 is 4.74 Å². The van der Waals surface area contributed by atoms with Crippen LogP contribution in [0.15, 0.2) is 9.59 Å². The molecule has 1 saturated carbocycles. The first-order chi connectivity index (χ1) is 9.75. The van der Waals surface area contributed by atoms with Gasteiger partial charge < -0.3 is 9.64 Å². The van der Waals surface area contributed by atoms with E-state index in [-0.39, 0.29) is 11.7 Å². The van der Waals surface area contributed by atoms with E-state index in [1.54, 1.807) is 0 Å². The van der Waals surface area contributed by atoms with Crippen molar-refractivity contribution in [1.82, 2.24) is 14.5 Å². The maximum Gasteiger partial charge on any atom is 0.355 e. The second kappa shape index (κ2) is 5.78. The van der Waals surface area contributed by atoms with E-state index in [2.05, 4.69) is 9.97 Å². The van der Waals surface area contributed by atoms with Crippen LogP contribution in [0.5, 0.6) is 0 Å². The van der Waals surface area contributed by atoms with Gasteiger partial charge in [-0.1, -0.05) is 19.3 Å². The molecule has 20 heavy (non-hydrogen) atoms. The highest BCUT2D eigenvalue weighted by molar-refractivity contribution is 5.27. The van der Waals surface area contributed by atoms with Gasteiger partial charge in [0, 0.05) is 19.1 Å². The lowest BCUT2D eigenvalue weighted by Crippen LogP contribution is -2.45. The van der Waals surface area contributed by atoms with Gasteiger partial charge in [0.1, 0.15) is 0 Å². The SMILES string of the molecule is O=c1nc(N2CCOCC2)[nH]c(=O)n1C1CCCCC1. The summed E-state index contributed by atoms with van der Waals surface area (Å²) in [7, 11) is 0. The van der Waals surface area contributed by atoms with Crippen molar-refractivity contribution in [3.05, 3.63) is 21.0 Å². The third kappa shape index (κ3) is 2.63. The van der Waals surface area contributed by atoms with Crippen LogP contribution in [0.4, 0.5) is 5.95 Å². The Kier molecular flexibility index (Phi) is 3.86. The van der Waals surface area contributed by atoms with Crippen molar-refractivity contribution in [2.75, 3.05) is 31.2 Å². The zero-order valence-corrected chi connectivity index (χ0v) is 11.5. The summed E-state index contributed by atoms with van der Waals surface area (Å²) in [6, 6.07) is 0.00578. The van der Waals surface area contributed by atoms with Crippen molar-refractivity contribution >= 4 is 5.95 Å². The number of anilines is 1. The fraction of sp³-hybridized carbons (Fsp3) is 0.769. The number of morpholine rings is 1. The fourth-order valence-corrected chi connectivity index (χ4v) is 3.00.